The summed E-state index contributed by atoms with van der Waals surface area (Å²) >= 11 is 3.62. The molecule has 1 aromatic carbocycles. The van der Waals surface area contributed by atoms with E-state index in [-0.39, 0.29) is 0 Å². The maximum atomic E-state index is 4.40. The standard InChI is InChI=1S/C16H20BrN3/c1-4-5-6-13-7-8-15(14(17)10-13)20-16-18-11(2)9-12(3)19-16/h7-10H,4-6H2,1-3H3,(H,18,19,20). The highest BCUT2D eigenvalue weighted by Crippen LogP contribution is 2.26. The summed E-state index contributed by atoms with van der Waals surface area (Å²) in [7, 11) is 0. The fraction of sp³-hybridized carbons (Fsp3) is 0.375. The lowest BCUT2D eigenvalue weighted by Gasteiger charge is -2.10. The van der Waals surface area contributed by atoms with E-state index in [1.54, 1.807) is 0 Å². The van der Waals surface area contributed by atoms with Crippen molar-refractivity contribution in [3.8, 4) is 0 Å². The number of rotatable bonds is 5. The Labute approximate surface area is 129 Å². The molecule has 0 amide bonds. The Morgan fingerprint density at radius 3 is 2.40 bits per heavy atom. The summed E-state index contributed by atoms with van der Waals surface area (Å²) in [6, 6.07) is 8.37. The van der Waals surface area contributed by atoms with Crippen molar-refractivity contribution in [3.05, 3.63) is 45.7 Å². The van der Waals surface area contributed by atoms with E-state index in [0.717, 1.165) is 28.0 Å². The van der Waals surface area contributed by atoms with Gasteiger partial charge in [-0.15, -0.1) is 0 Å². The van der Waals surface area contributed by atoms with Gasteiger partial charge in [0.2, 0.25) is 5.95 Å². The monoisotopic (exact) mass is 333 g/mol. The number of hydrogen-bond acceptors (Lipinski definition) is 3. The average molecular weight is 334 g/mol. The van der Waals surface area contributed by atoms with E-state index in [0.29, 0.717) is 5.95 Å². The lowest BCUT2D eigenvalue weighted by Crippen LogP contribution is -2.00. The molecule has 2 rings (SSSR count). The van der Waals surface area contributed by atoms with Gasteiger partial charge in [-0.1, -0.05) is 19.4 Å². The van der Waals surface area contributed by atoms with E-state index < -0.39 is 0 Å². The molecule has 3 nitrogen and oxygen atoms in total. The van der Waals surface area contributed by atoms with Gasteiger partial charge in [0.15, 0.2) is 0 Å². The normalized spacial score (nSPS) is 10.6. The number of nitrogens with one attached hydrogen (secondary N) is 1. The quantitative estimate of drug-likeness (QED) is 0.841. The molecule has 4 heteroatoms. The van der Waals surface area contributed by atoms with Crippen LogP contribution in [0.2, 0.25) is 0 Å². The Bertz CT molecular complexity index is 576. The Morgan fingerprint density at radius 2 is 1.80 bits per heavy atom. The lowest BCUT2D eigenvalue weighted by molar-refractivity contribution is 0.795. The molecule has 0 bridgehead atoms. The third-order valence-corrected chi connectivity index (χ3v) is 3.74. The number of unbranched alkanes of at least 4 members (excludes halogenated alkanes) is 1. The molecular weight excluding hydrogens is 314 g/mol. The van der Waals surface area contributed by atoms with E-state index in [4.69, 9.17) is 0 Å². The van der Waals surface area contributed by atoms with Crippen LogP contribution < -0.4 is 5.32 Å². The highest BCUT2D eigenvalue weighted by Gasteiger charge is 2.05. The van der Waals surface area contributed by atoms with E-state index in [2.05, 4.69) is 56.3 Å². The minimum Gasteiger partial charge on any atom is -0.323 e. The van der Waals surface area contributed by atoms with Crippen LogP contribution in [0.15, 0.2) is 28.7 Å². The molecule has 0 aliphatic rings. The van der Waals surface area contributed by atoms with Crippen molar-refractivity contribution in [3.63, 3.8) is 0 Å². The molecule has 20 heavy (non-hydrogen) atoms. The first-order valence-corrected chi connectivity index (χ1v) is 7.75. The number of nitrogens with zero attached hydrogens (tertiary/aromatic N) is 2. The Balaban J connectivity index is 2.16. The van der Waals surface area contributed by atoms with Crippen molar-refractivity contribution in [1.29, 1.82) is 0 Å². The maximum Gasteiger partial charge on any atom is 0.227 e. The first-order valence-electron chi connectivity index (χ1n) is 6.96. The second-order valence-electron chi connectivity index (χ2n) is 5.02. The summed E-state index contributed by atoms with van der Waals surface area (Å²) < 4.78 is 1.05. The summed E-state index contributed by atoms with van der Waals surface area (Å²) in [6.07, 6.45) is 3.56. The van der Waals surface area contributed by atoms with E-state index in [9.17, 15) is 0 Å². The fourth-order valence-corrected chi connectivity index (χ4v) is 2.62. The van der Waals surface area contributed by atoms with Crippen molar-refractivity contribution in [2.24, 2.45) is 0 Å². The van der Waals surface area contributed by atoms with Gasteiger partial charge in [-0.25, -0.2) is 9.97 Å². The number of aryl methyl sites for hydroxylation is 3. The number of halogens is 1. The number of aromatic nitrogens is 2. The van der Waals surface area contributed by atoms with Gasteiger partial charge in [-0.05, 0) is 66.4 Å². The topological polar surface area (TPSA) is 37.8 Å². The molecule has 2 aromatic rings. The molecule has 0 saturated heterocycles. The molecule has 1 N–H and O–H groups in total. The summed E-state index contributed by atoms with van der Waals surface area (Å²) in [6.45, 7) is 6.16. The van der Waals surface area contributed by atoms with Gasteiger partial charge >= 0.3 is 0 Å². The van der Waals surface area contributed by atoms with Crippen LogP contribution in [0.5, 0.6) is 0 Å². The SMILES string of the molecule is CCCCc1ccc(Nc2nc(C)cc(C)n2)c(Br)c1. The zero-order valence-electron chi connectivity index (χ0n) is 12.2. The van der Waals surface area contributed by atoms with Crippen LogP contribution in [0.4, 0.5) is 11.6 Å². The smallest absolute Gasteiger partial charge is 0.227 e. The van der Waals surface area contributed by atoms with E-state index in [1.165, 1.54) is 18.4 Å². The summed E-state index contributed by atoms with van der Waals surface area (Å²) in [5.74, 6) is 0.643. The summed E-state index contributed by atoms with van der Waals surface area (Å²) in [4.78, 5) is 8.80. The molecule has 106 valence electrons. The van der Waals surface area contributed by atoms with Gasteiger partial charge in [0.25, 0.3) is 0 Å². The van der Waals surface area contributed by atoms with Crippen LogP contribution in [0, 0.1) is 13.8 Å². The third-order valence-electron chi connectivity index (χ3n) is 3.08. The van der Waals surface area contributed by atoms with Crippen LogP contribution in [0.1, 0.15) is 36.7 Å². The van der Waals surface area contributed by atoms with Crippen molar-refractivity contribution in [1.82, 2.24) is 9.97 Å². The van der Waals surface area contributed by atoms with Crippen LogP contribution >= 0.6 is 15.9 Å². The predicted octanol–water partition coefficient (Wildman–Crippen LogP) is 4.94. The van der Waals surface area contributed by atoms with Crippen molar-refractivity contribution in [2.45, 2.75) is 40.0 Å². The average Bonchev–Trinajstić information content (AvgIpc) is 2.38. The van der Waals surface area contributed by atoms with Gasteiger partial charge < -0.3 is 5.32 Å². The van der Waals surface area contributed by atoms with Crippen molar-refractivity contribution >= 4 is 27.6 Å². The Morgan fingerprint density at radius 1 is 1.10 bits per heavy atom. The van der Waals surface area contributed by atoms with E-state index in [1.807, 2.05) is 19.9 Å². The molecule has 0 spiro atoms. The van der Waals surface area contributed by atoms with Crippen molar-refractivity contribution < 1.29 is 0 Å². The molecule has 0 aliphatic carbocycles. The van der Waals surface area contributed by atoms with Crippen LogP contribution in [-0.2, 0) is 6.42 Å². The van der Waals surface area contributed by atoms with Gasteiger partial charge in [-0.3, -0.25) is 0 Å². The molecule has 0 radical (unpaired) electrons. The van der Waals surface area contributed by atoms with E-state index >= 15 is 0 Å². The first-order chi connectivity index (χ1) is 9.58. The highest BCUT2D eigenvalue weighted by atomic mass is 79.9. The van der Waals surface area contributed by atoms with Gasteiger partial charge in [0.05, 0.1) is 5.69 Å². The van der Waals surface area contributed by atoms with Crippen LogP contribution in [0.3, 0.4) is 0 Å². The summed E-state index contributed by atoms with van der Waals surface area (Å²) in [5.41, 5.74) is 4.28. The first kappa shape index (κ1) is 15.0. The number of benzene rings is 1. The molecule has 0 atom stereocenters. The predicted molar refractivity (Wildman–Crippen MR) is 87.5 cm³/mol. The molecule has 0 saturated carbocycles. The minimum atomic E-state index is 0.643. The zero-order valence-corrected chi connectivity index (χ0v) is 13.8. The molecule has 1 aromatic heterocycles. The Kier molecular flexibility index (Phi) is 5.12. The van der Waals surface area contributed by atoms with Crippen LogP contribution in [-0.4, -0.2) is 9.97 Å². The van der Waals surface area contributed by atoms with Gasteiger partial charge in [-0.2, -0.15) is 0 Å². The Hall–Kier alpha value is -1.42. The molecule has 0 aliphatic heterocycles. The largest absolute Gasteiger partial charge is 0.323 e. The molecule has 0 unspecified atom stereocenters. The van der Waals surface area contributed by atoms with Gasteiger partial charge in [0.1, 0.15) is 0 Å². The molecule has 0 fully saturated rings. The second-order valence-corrected chi connectivity index (χ2v) is 5.87. The number of anilines is 2. The van der Waals surface area contributed by atoms with Gasteiger partial charge in [0, 0.05) is 15.9 Å². The zero-order chi connectivity index (χ0) is 14.5. The second kappa shape index (κ2) is 6.84. The van der Waals surface area contributed by atoms with Crippen LogP contribution in [0.25, 0.3) is 0 Å². The third kappa shape index (κ3) is 4.04. The fourth-order valence-electron chi connectivity index (χ4n) is 2.10. The lowest BCUT2D eigenvalue weighted by atomic mass is 10.1. The number of hydrogen-bond donors (Lipinski definition) is 1. The highest BCUT2D eigenvalue weighted by molar-refractivity contribution is 9.10. The molecular formula is C16H20BrN3. The maximum absolute atomic E-state index is 4.40. The molecule has 1 heterocycles. The van der Waals surface area contributed by atoms with Crippen molar-refractivity contribution in [2.75, 3.05) is 5.32 Å². The summed E-state index contributed by atoms with van der Waals surface area (Å²) in [5, 5.41) is 3.27. The minimum absolute atomic E-state index is 0.643.